The molecule has 0 fully saturated rings. The van der Waals surface area contributed by atoms with Gasteiger partial charge in [-0.2, -0.15) is 0 Å². The van der Waals surface area contributed by atoms with Gasteiger partial charge in [-0.05, 0) is 31.9 Å². The second kappa shape index (κ2) is 9.74. The van der Waals surface area contributed by atoms with Gasteiger partial charge >= 0.3 is 0 Å². The van der Waals surface area contributed by atoms with Crippen molar-refractivity contribution >= 4 is 16.7 Å². The number of benzene rings is 1. The Hall–Kier alpha value is -3.52. The number of rotatable bonds is 10. The van der Waals surface area contributed by atoms with Gasteiger partial charge < -0.3 is 19.3 Å². The highest BCUT2D eigenvalue weighted by molar-refractivity contribution is 5.91. The molecule has 0 aliphatic carbocycles. The molecule has 0 amide bonds. The highest BCUT2D eigenvalue weighted by atomic mass is 16.5. The number of unbranched alkanes of at least 4 members (excludes halogenated alkanes) is 2. The lowest BCUT2D eigenvalue weighted by Gasteiger charge is -2.09. The first-order chi connectivity index (χ1) is 15.5. The molecule has 0 bridgehead atoms. The summed E-state index contributed by atoms with van der Waals surface area (Å²) in [6, 6.07) is 7.57. The van der Waals surface area contributed by atoms with Crippen molar-refractivity contribution in [2.24, 2.45) is 5.73 Å². The fourth-order valence-electron chi connectivity index (χ4n) is 3.62. The number of nitrogens with two attached hydrogens (primary N) is 1. The van der Waals surface area contributed by atoms with Gasteiger partial charge in [-0.3, -0.25) is 9.78 Å². The number of oxazole rings is 2. The SMILES string of the molecule is COc1cc2nc(C)ccc2cc1-c1cnc(C(N)CCCCCC(=O)c2ncco2)o1. The normalized spacial score (nSPS) is 12.2. The average molecular weight is 434 g/mol. The maximum Gasteiger partial charge on any atom is 0.263 e. The van der Waals surface area contributed by atoms with E-state index in [1.54, 1.807) is 13.3 Å². The average Bonchev–Trinajstić information content (AvgIpc) is 3.50. The molecule has 4 rings (SSSR count). The van der Waals surface area contributed by atoms with Crippen LogP contribution in [0.2, 0.25) is 0 Å². The molecule has 8 heteroatoms. The number of pyridine rings is 1. The first-order valence-corrected chi connectivity index (χ1v) is 10.6. The van der Waals surface area contributed by atoms with Crippen molar-refractivity contribution in [1.82, 2.24) is 15.0 Å². The van der Waals surface area contributed by atoms with E-state index < -0.39 is 0 Å². The van der Waals surface area contributed by atoms with E-state index in [1.807, 2.05) is 31.2 Å². The van der Waals surface area contributed by atoms with Gasteiger partial charge in [-0.25, -0.2) is 9.97 Å². The molecule has 166 valence electrons. The van der Waals surface area contributed by atoms with Crippen LogP contribution in [0.25, 0.3) is 22.2 Å². The van der Waals surface area contributed by atoms with E-state index in [0.29, 0.717) is 30.2 Å². The van der Waals surface area contributed by atoms with Crippen LogP contribution in [0.5, 0.6) is 5.75 Å². The number of carbonyl (C=O) groups is 1. The van der Waals surface area contributed by atoms with E-state index in [-0.39, 0.29) is 17.7 Å². The van der Waals surface area contributed by atoms with Gasteiger partial charge in [-0.15, -0.1) is 0 Å². The van der Waals surface area contributed by atoms with Gasteiger partial charge in [0.25, 0.3) is 5.89 Å². The summed E-state index contributed by atoms with van der Waals surface area (Å²) < 4.78 is 16.6. The van der Waals surface area contributed by atoms with Crippen molar-refractivity contribution < 1.29 is 18.4 Å². The number of Topliss-reactive ketones (excluding diaryl/α,β-unsaturated/α-hetero) is 1. The molecular formula is C24H26N4O4. The Morgan fingerprint density at radius 1 is 1.19 bits per heavy atom. The number of fused-ring (bicyclic) bond motifs is 1. The topological polar surface area (TPSA) is 117 Å². The van der Waals surface area contributed by atoms with Crippen molar-refractivity contribution in [2.45, 2.75) is 45.1 Å². The Kier molecular flexibility index (Phi) is 6.61. The maximum absolute atomic E-state index is 11.9. The predicted molar refractivity (Wildman–Crippen MR) is 119 cm³/mol. The maximum atomic E-state index is 11.9. The van der Waals surface area contributed by atoms with Crippen LogP contribution in [-0.4, -0.2) is 27.8 Å². The molecular weight excluding hydrogens is 408 g/mol. The van der Waals surface area contributed by atoms with E-state index in [0.717, 1.165) is 41.4 Å². The Balaban J connectivity index is 1.36. The summed E-state index contributed by atoms with van der Waals surface area (Å²) in [7, 11) is 1.62. The molecule has 1 aromatic carbocycles. The number of carbonyl (C=O) groups excluding carboxylic acids is 1. The number of ketones is 1. The molecule has 0 saturated heterocycles. The lowest BCUT2D eigenvalue weighted by molar-refractivity contribution is 0.0945. The lowest BCUT2D eigenvalue weighted by atomic mass is 10.1. The molecule has 0 saturated carbocycles. The third-order valence-corrected chi connectivity index (χ3v) is 5.35. The molecule has 32 heavy (non-hydrogen) atoms. The van der Waals surface area contributed by atoms with Crippen LogP contribution < -0.4 is 10.5 Å². The predicted octanol–water partition coefficient (Wildman–Crippen LogP) is 5.03. The minimum absolute atomic E-state index is 0.0775. The highest BCUT2D eigenvalue weighted by Crippen LogP contribution is 2.35. The second-order valence-corrected chi connectivity index (χ2v) is 7.73. The van der Waals surface area contributed by atoms with Crippen LogP contribution >= 0.6 is 0 Å². The zero-order valence-corrected chi connectivity index (χ0v) is 18.2. The van der Waals surface area contributed by atoms with Gasteiger partial charge in [-0.1, -0.05) is 18.9 Å². The fraction of sp³-hybridized carbons (Fsp3) is 0.333. The summed E-state index contributed by atoms with van der Waals surface area (Å²) in [5.74, 6) is 1.85. The number of aryl methyl sites for hydroxylation is 1. The summed E-state index contributed by atoms with van der Waals surface area (Å²) in [5.41, 5.74) is 8.91. The molecule has 3 aromatic heterocycles. The van der Waals surface area contributed by atoms with Crippen LogP contribution in [0.1, 0.15) is 60.4 Å². The minimum Gasteiger partial charge on any atom is -0.496 e. The van der Waals surface area contributed by atoms with E-state index >= 15 is 0 Å². The summed E-state index contributed by atoms with van der Waals surface area (Å²) in [6.07, 6.45) is 8.17. The molecule has 2 N–H and O–H groups in total. The van der Waals surface area contributed by atoms with Crippen LogP contribution in [0, 0.1) is 6.92 Å². The van der Waals surface area contributed by atoms with Gasteiger partial charge in [0.1, 0.15) is 12.0 Å². The number of hydrogen-bond donors (Lipinski definition) is 1. The second-order valence-electron chi connectivity index (χ2n) is 7.73. The molecule has 0 radical (unpaired) electrons. The summed E-state index contributed by atoms with van der Waals surface area (Å²) in [6.45, 7) is 1.96. The molecule has 0 aliphatic rings. The number of methoxy groups -OCH3 is 1. The van der Waals surface area contributed by atoms with Crippen LogP contribution in [0.15, 0.2) is 51.8 Å². The number of nitrogens with zero attached hydrogens (tertiary/aromatic N) is 3. The van der Waals surface area contributed by atoms with Gasteiger partial charge in [0.15, 0.2) is 5.76 Å². The Morgan fingerprint density at radius 3 is 2.84 bits per heavy atom. The molecule has 0 spiro atoms. The molecule has 0 aliphatic heterocycles. The first-order valence-electron chi connectivity index (χ1n) is 10.6. The Bertz CT molecular complexity index is 1200. The molecule has 1 atom stereocenters. The van der Waals surface area contributed by atoms with E-state index in [4.69, 9.17) is 19.3 Å². The van der Waals surface area contributed by atoms with Crippen molar-refractivity contribution in [1.29, 1.82) is 0 Å². The van der Waals surface area contributed by atoms with Crippen molar-refractivity contribution in [3.8, 4) is 17.1 Å². The Morgan fingerprint density at radius 2 is 2.06 bits per heavy atom. The number of ether oxygens (including phenoxy) is 1. The molecule has 8 nitrogen and oxygen atoms in total. The van der Waals surface area contributed by atoms with Crippen molar-refractivity contribution in [2.75, 3.05) is 7.11 Å². The fourth-order valence-corrected chi connectivity index (χ4v) is 3.62. The summed E-state index contributed by atoms with van der Waals surface area (Å²) in [4.78, 5) is 24.7. The number of hydrogen-bond acceptors (Lipinski definition) is 8. The van der Waals surface area contributed by atoms with Crippen LogP contribution in [0.4, 0.5) is 0 Å². The smallest absolute Gasteiger partial charge is 0.263 e. The van der Waals surface area contributed by atoms with Crippen LogP contribution in [-0.2, 0) is 0 Å². The van der Waals surface area contributed by atoms with Gasteiger partial charge in [0.05, 0.1) is 36.6 Å². The summed E-state index contributed by atoms with van der Waals surface area (Å²) in [5, 5.41) is 0.993. The number of aromatic nitrogens is 3. The van der Waals surface area contributed by atoms with E-state index in [9.17, 15) is 4.79 Å². The van der Waals surface area contributed by atoms with Gasteiger partial charge in [0.2, 0.25) is 11.7 Å². The molecule has 4 aromatic rings. The van der Waals surface area contributed by atoms with Gasteiger partial charge in [0, 0.05) is 23.6 Å². The Labute approximate surface area is 185 Å². The van der Waals surface area contributed by atoms with Crippen molar-refractivity contribution in [3.05, 3.63) is 60.4 Å². The molecule has 3 heterocycles. The zero-order valence-electron chi connectivity index (χ0n) is 18.2. The van der Waals surface area contributed by atoms with Crippen molar-refractivity contribution in [3.63, 3.8) is 0 Å². The monoisotopic (exact) mass is 434 g/mol. The quantitative estimate of drug-likeness (QED) is 0.273. The minimum atomic E-state index is -0.318. The zero-order chi connectivity index (χ0) is 22.5. The molecule has 1 unspecified atom stereocenters. The van der Waals surface area contributed by atoms with E-state index in [1.165, 1.54) is 12.5 Å². The van der Waals surface area contributed by atoms with E-state index in [2.05, 4.69) is 15.0 Å². The standard InChI is InChI=1S/C24H26N4O4/c1-15-8-9-16-12-17(21(30-2)13-19(16)28-15)22-14-27-23(32-22)18(25)6-4-3-5-7-20(29)24-26-10-11-31-24/h8-14,18H,3-7,25H2,1-2H3. The summed E-state index contributed by atoms with van der Waals surface area (Å²) >= 11 is 0. The third-order valence-electron chi connectivity index (χ3n) is 5.35. The van der Waals surface area contributed by atoms with Crippen LogP contribution in [0.3, 0.4) is 0 Å². The third kappa shape index (κ3) is 4.86. The first kappa shape index (κ1) is 21.7. The highest BCUT2D eigenvalue weighted by Gasteiger charge is 2.17. The lowest BCUT2D eigenvalue weighted by Crippen LogP contribution is -2.10. The largest absolute Gasteiger partial charge is 0.496 e.